The molecule has 33 heavy (non-hydrogen) atoms. The molecule has 5 heteroatoms. The molecule has 0 aliphatic rings. The molecule has 0 aromatic carbocycles. The maximum absolute atomic E-state index is 4.65. The molecule has 0 N–H and O–H groups in total. The summed E-state index contributed by atoms with van der Waals surface area (Å²) in [7, 11) is 7.00. The summed E-state index contributed by atoms with van der Waals surface area (Å²) in [6.07, 6.45) is 0. The standard InChI is InChI=1S/2C12H20N.2C2H6N.Zr/c2*1-11(2,3)9-7-8-10(13-9)12(4,5)6;2*1-3-2;/h2*7-8H,1-6H3;2*1-2H3;/q4*-1;+4. The summed E-state index contributed by atoms with van der Waals surface area (Å²) in [5, 5.41) is 7.00. The second-order valence-corrected chi connectivity index (χ2v) is 12.3. The molecular formula is C28H52N4Zr. The first-order chi connectivity index (χ1) is 14.2. The molecule has 0 aliphatic heterocycles. The monoisotopic (exact) mass is 534 g/mol. The van der Waals surface area contributed by atoms with E-state index in [1.165, 1.54) is 22.8 Å². The molecule has 0 amide bonds. The smallest absolute Gasteiger partial charge is 0.668 e. The molecule has 2 rings (SSSR count). The van der Waals surface area contributed by atoms with E-state index < -0.39 is 0 Å². The van der Waals surface area contributed by atoms with Gasteiger partial charge in [0.2, 0.25) is 0 Å². The van der Waals surface area contributed by atoms with Crippen LogP contribution in [0.25, 0.3) is 10.6 Å². The van der Waals surface area contributed by atoms with Crippen molar-refractivity contribution in [3.63, 3.8) is 0 Å². The van der Waals surface area contributed by atoms with E-state index in [1.54, 1.807) is 28.2 Å². The van der Waals surface area contributed by atoms with Gasteiger partial charge < -0.3 is 20.6 Å². The van der Waals surface area contributed by atoms with E-state index in [2.05, 4.69) is 128 Å². The van der Waals surface area contributed by atoms with Gasteiger partial charge >= 0.3 is 26.2 Å². The summed E-state index contributed by atoms with van der Waals surface area (Å²) >= 11 is 0. The van der Waals surface area contributed by atoms with Crippen LogP contribution in [0.1, 0.15) is 106 Å². The number of aromatic nitrogens is 2. The largest absolute Gasteiger partial charge is 4.00 e. The summed E-state index contributed by atoms with van der Waals surface area (Å²) < 4.78 is 0. The molecule has 0 spiro atoms. The zero-order chi connectivity index (χ0) is 26.0. The zero-order valence-electron chi connectivity index (χ0n) is 24.6. The van der Waals surface area contributed by atoms with Crippen LogP contribution < -0.4 is 0 Å². The van der Waals surface area contributed by atoms with Gasteiger partial charge in [-0.1, -0.05) is 105 Å². The van der Waals surface area contributed by atoms with Crippen LogP contribution in [0.15, 0.2) is 24.3 Å². The summed E-state index contributed by atoms with van der Waals surface area (Å²) in [5.41, 5.74) is 5.45. The minimum absolute atomic E-state index is 0. The molecule has 0 saturated carbocycles. The summed E-state index contributed by atoms with van der Waals surface area (Å²) in [4.78, 5) is 9.31. The van der Waals surface area contributed by atoms with Crippen LogP contribution in [0.4, 0.5) is 0 Å². The first-order valence-electron chi connectivity index (χ1n) is 11.5. The van der Waals surface area contributed by atoms with E-state index in [-0.39, 0.29) is 47.9 Å². The van der Waals surface area contributed by atoms with Crippen molar-refractivity contribution in [2.75, 3.05) is 28.2 Å². The maximum atomic E-state index is 4.65. The maximum Gasteiger partial charge on any atom is 4.00 e. The Morgan fingerprint density at radius 1 is 0.545 bits per heavy atom. The van der Waals surface area contributed by atoms with Crippen molar-refractivity contribution in [3.8, 4) is 0 Å². The Balaban J connectivity index is -0.000000430. The van der Waals surface area contributed by atoms with Gasteiger partial charge in [0.15, 0.2) is 0 Å². The fourth-order valence-corrected chi connectivity index (χ4v) is 2.40. The van der Waals surface area contributed by atoms with E-state index in [0.29, 0.717) is 0 Å². The fourth-order valence-electron chi connectivity index (χ4n) is 2.40. The third-order valence-electron chi connectivity index (χ3n) is 4.35. The van der Waals surface area contributed by atoms with Gasteiger partial charge in [0.05, 0.1) is 0 Å². The Bertz CT molecular complexity index is 608. The van der Waals surface area contributed by atoms with E-state index in [9.17, 15) is 0 Å². The molecule has 4 nitrogen and oxygen atoms in total. The van der Waals surface area contributed by atoms with Crippen molar-refractivity contribution in [1.82, 2.24) is 9.97 Å². The Kier molecular flexibility index (Phi) is 17.2. The Morgan fingerprint density at radius 3 is 0.848 bits per heavy atom. The van der Waals surface area contributed by atoms with Crippen LogP contribution in [-0.4, -0.2) is 38.2 Å². The third kappa shape index (κ3) is 15.8. The van der Waals surface area contributed by atoms with Crippen molar-refractivity contribution >= 4 is 0 Å². The van der Waals surface area contributed by atoms with Crippen LogP contribution in [0.5, 0.6) is 0 Å². The Hall–Kier alpha value is -0.637. The molecule has 0 fully saturated rings. The molecule has 2 aromatic rings. The zero-order valence-corrected chi connectivity index (χ0v) is 27.1. The third-order valence-corrected chi connectivity index (χ3v) is 4.35. The van der Waals surface area contributed by atoms with Gasteiger partial charge in [0.1, 0.15) is 0 Å². The van der Waals surface area contributed by atoms with Crippen molar-refractivity contribution < 1.29 is 26.2 Å². The molecule has 2 aromatic heterocycles. The van der Waals surface area contributed by atoms with Crippen molar-refractivity contribution in [2.24, 2.45) is 0 Å². The SMILES string of the molecule is CC(C)(C)c1cc[c-](C(C)(C)C)n1.CC(C)(C)c1cc[c-](C(C)(C)C)n1.C[N-]C.C[N-]C.[Zr+4]. The quantitative estimate of drug-likeness (QED) is 0.321. The van der Waals surface area contributed by atoms with Gasteiger partial charge in [0, 0.05) is 0 Å². The Morgan fingerprint density at radius 2 is 0.758 bits per heavy atom. The second-order valence-electron chi connectivity index (χ2n) is 12.3. The summed E-state index contributed by atoms with van der Waals surface area (Å²) in [6.45, 7) is 26.4. The average molecular weight is 536 g/mol. The van der Waals surface area contributed by atoms with Gasteiger partial charge in [-0.3, -0.25) is 0 Å². The van der Waals surface area contributed by atoms with Crippen LogP contribution >= 0.6 is 0 Å². The van der Waals surface area contributed by atoms with Crippen molar-refractivity contribution in [1.29, 1.82) is 0 Å². The molecule has 0 unspecified atom stereocenters. The molecule has 0 bridgehead atoms. The van der Waals surface area contributed by atoms with E-state index in [1.807, 2.05) is 0 Å². The van der Waals surface area contributed by atoms with Crippen LogP contribution in [-0.2, 0) is 47.9 Å². The van der Waals surface area contributed by atoms with E-state index in [4.69, 9.17) is 0 Å². The van der Waals surface area contributed by atoms with Crippen LogP contribution in [0.3, 0.4) is 0 Å². The topological polar surface area (TPSA) is 54.0 Å². The average Bonchev–Trinajstić information content (AvgIpc) is 3.25. The predicted molar refractivity (Wildman–Crippen MR) is 145 cm³/mol. The predicted octanol–water partition coefficient (Wildman–Crippen LogP) is 8.03. The minimum atomic E-state index is 0. The molecule has 0 atom stereocenters. The van der Waals surface area contributed by atoms with Gasteiger partial charge in [-0.05, 0) is 10.8 Å². The minimum Gasteiger partial charge on any atom is -0.668 e. The number of hydrogen-bond donors (Lipinski definition) is 0. The van der Waals surface area contributed by atoms with Gasteiger partial charge in [0.25, 0.3) is 0 Å². The van der Waals surface area contributed by atoms with Gasteiger partial charge in [-0.15, -0.1) is 11.4 Å². The van der Waals surface area contributed by atoms with Crippen molar-refractivity contribution in [3.05, 3.63) is 57.7 Å². The molecule has 2 heterocycles. The van der Waals surface area contributed by atoms with Gasteiger partial charge in [-0.25, -0.2) is 0 Å². The molecule has 0 radical (unpaired) electrons. The molecule has 0 aliphatic carbocycles. The number of rotatable bonds is 0. The van der Waals surface area contributed by atoms with Gasteiger partial charge in [-0.2, -0.15) is 52.5 Å². The summed E-state index contributed by atoms with van der Waals surface area (Å²) in [5.74, 6) is 0. The van der Waals surface area contributed by atoms with Crippen LogP contribution in [0.2, 0.25) is 0 Å². The van der Waals surface area contributed by atoms with Crippen LogP contribution in [0, 0.1) is 0 Å². The second kappa shape index (κ2) is 15.4. The first-order valence-corrected chi connectivity index (χ1v) is 11.5. The number of nitrogens with zero attached hydrogens (tertiary/aromatic N) is 4. The summed E-state index contributed by atoms with van der Waals surface area (Å²) in [6, 6.07) is 8.56. The number of hydrogen-bond acceptors (Lipinski definition) is 2. The van der Waals surface area contributed by atoms with E-state index in [0.717, 1.165) is 0 Å². The Labute approximate surface area is 226 Å². The van der Waals surface area contributed by atoms with Crippen molar-refractivity contribution in [2.45, 2.75) is 105 Å². The molecule has 188 valence electrons. The normalized spacial score (nSPS) is 11.6. The fraction of sp³-hybridized carbons (Fsp3) is 0.714. The first kappa shape index (κ1) is 36.9. The molecule has 0 saturated heterocycles. The molecular weight excluding hydrogens is 484 g/mol. The van der Waals surface area contributed by atoms with E-state index >= 15 is 0 Å².